The highest BCUT2D eigenvalue weighted by Crippen LogP contribution is 2.39. The molecule has 1 N–H and O–H groups in total. The van der Waals surface area contributed by atoms with Gasteiger partial charge in [-0.05, 0) is 73.8 Å². The van der Waals surface area contributed by atoms with Gasteiger partial charge in [-0.15, -0.1) is 0 Å². The van der Waals surface area contributed by atoms with Crippen LogP contribution in [-0.2, 0) is 27.6 Å². The van der Waals surface area contributed by atoms with Gasteiger partial charge in [-0.25, -0.2) is 13.1 Å². The van der Waals surface area contributed by atoms with E-state index in [1.807, 2.05) is 19.1 Å². The van der Waals surface area contributed by atoms with Crippen LogP contribution in [0.2, 0.25) is 0 Å². The minimum Gasteiger partial charge on any atom is -0.381 e. The number of nitrogens with one attached hydrogen (secondary N) is 1. The van der Waals surface area contributed by atoms with E-state index in [-0.39, 0.29) is 0 Å². The molecule has 6 heteroatoms. The van der Waals surface area contributed by atoms with Gasteiger partial charge in [-0.2, -0.15) is 0 Å². The minimum atomic E-state index is -3.51. The number of rotatable bonds is 5. The van der Waals surface area contributed by atoms with Crippen LogP contribution >= 0.6 is 11.8 Å². The first-order valence-corrected chi connectivity index (χ1v) is 12.3. The Hall–Kier alpha value is -1.34. The number of aryl methyl sites for hydroxylation is 3. The summed E-state index contributed by atoms with van der Waals surface area (Å²) in [6.07, 6.45) is 4.85. The predicted molar refractivity (Wildman–Crippen MR) is 113 cm³/mol. The fourth-order valence-electron chi connectivity index (χ4n) is 4.02. The van der Waals surface area contributed by atoms with Gasteiger partial charge in [-0.1, -0.05) is 36.0 Å². The van der Waals surface area contributed by atoms with Gasteiger partial charge < -0.3 is 4.74 Å². The SMILES string of the molecule is Cc1cc2c(cc1S(=O)(=O)NCCC1CCOCC1)Sc1ccccc1CC2. The lowest BCUT2D eigenvalue weighted by Crippen LogP contribution is -2.28. The molecule has 2 aromatic rings. The molecule has 0 radical (unpaired) electrons. The molecule has 0 aliphatic carbocycles. The largest absolute Gasteiger partial charge is 0.381 e. The van der Waals surface area contributed by atoms with Crippen molar-refractivity contribution in [3.63, 3.8) is 0 Å². The summed E-state index contributed by atoms with van der Waals surface area (Å²) in [6.45, 7) is 3.97. The molecule has 2 heterocycles. The third-order valence-corrected chi connectivity index (χ3v) is 8.51. The Balaban J connectivity index is 1.52. The van der Waals surface area contributed by atoms with E-state index in [1.165, 1.54) is 16.0 Å². The topological polar surface area (TPSA) is 55.4 Å². The van der Waals surface area contributed by atoms with Crippen molar-refractivity contribution in [2.75, 3.05) is 19.8 Å². The van der Waals surface area contributed by atoms with Crippen LogP contribution in [0.4, 0.5) is 0 Å². The van der Waals surface area contributed by atoms with E-state index in [4.69, 9.17) is 4.74 Å². The van der Waals surface area contributed by atoms with Gasteiger partial charge in [0.05, 0.1) is 4.90 Å². The number of benzene rings is 2. The Bertz CT molecular complexity index is 950. The second-order valence-electron chi connectivity index (χ2n) is 7.68. The fourth-order valence-corrected chi connectivity index (χ4v) is 6.54. The average molecular weight is 418 g/mol. The van der Waals surface area contributed by atoms with Gasteiger partial charge in [0.2, 0.25) is 10.0 Å². The summed E-state index contributed by atoms with van der Waals surface area (Å²) in [5.74, 6) is 0.552. The molecule has 0 unspecified atom stereocenters. The van der Waals surface area contributed by atoms with Gasteiger partial charge in [0, 0.05) is 29.5 Å². The monoisotopic (exact) mass is 417 g/mol. The van der Waals surface area contributed by atoms with Crippen LogP contribution in [0.15, 0.2) is 51.1 Å². The van der Waals surface area contributed by atoms with E-state index < -0.39 is 10.0 Å². The van der Waals surface area contributed by atoms with Crippen molar-refractivity contribution in [2.45, 2.75) is 53.7 Å². The minimum absolute atomic E-state index is 0.408. The van der Waals surface area contributed by atoms with Crippen molar-refractivity contribution in [1.29, 1.82) is 0 Å². The van der Waals surface area contributed by atoms with E-state index in [9.17, 15) is 8.42 Å². The van der Waals surface area contributed by atoms with E-state index in [0.29, 0.717) is 17.4 Å². The van der Waals surface area contributed by atoms with Gasteiger partial charge in [0.25, 0.3) is 0 Å². The Kier molecular flexibility index (Phi) is 6.11. The molecule has 4 nitrogen and oxygen atoms in total. The zero-order chi connectivity index (χ0) is 19.6. The van der Waals surface area contributed by atoms with Crippen molar-refractivity contribution >= 4 is 21.8 Å². The second-order valence-corrected chi connectivity index (χ2v) is 10.5. The predicted octanol–water partition coefficient (Wildman–Crippen LogP) is 4.34. The number of ether oxygens (including phenoxy) is 1. The zero-order valence-corrected chi connectivity index (χ0v) is 17.9. The highest BCUT2D eigenvalue weighted by Gasteiger charge is 2.22. The van der Waals surface area contributed by atoms with E-state index >= 15 is 0 Å². The van der Waals surface area contributed by atoms with Crippen molar-refractivity contribution in [3.8, 4) is 0 Å². The third-order valence-electron chi connectivity index (χ3n) is 5.69. The average Bonchev–Trinajstić information content (AvgIpc) is 2.87. The molecule has 1 saturated heterocycles. The summed E-state index contributed by atoms with van der Waals surface area (Å²) >= 11 is 1.68. The molecule has 4 rings (SSSR count). The van der Waals surface area contributed by atoms with Crippen molar-refractivity contribution in [2.24, 2.45) is 5.92 Å². The quantitative estimate of drug-likeness (QED) is 0.786. The summed E-state index contributed by atoms with van der Waals surface area (Å²) in [5, 5.41) is 0. The molecule has 2 aliphatic rings. The standard InChI is InChI=1S/C22H27NO3S2/c1-16-14-19-7-6-18-4-2-3-5-20(18)27-21(19)15-22(16)28(24,25)23-11-8-17-9-12-26-13-10-17/h2-5,14-15,17,23H,6-13H2,1H3. The van der Waals surface area contributed by atoms with Crippen LogP contribution in [-0.4, -0.2) is 28.2 Å². The molecule has 1 fully saturated rings. The molecular formula is C22H27NO3S2. The lowest BCUT2D eigenvalue weighted by atomic mass is 9.97. The van der Waals surface area contributed by atoms with E-state index in [0.717, 1.165) is 55.8 Å². The Morgan fingerprint density at radius 3 is 2.64 bits per heavy atom. The molecule has 0 bridgehead atoms. The van der Waals surface area contributed by atoms with Gasteiger partial charge >= 0.3 is 0 Å². The normalized spacial score (nSPS) is 17.6. The van der Waals surface area contributed by atoms with Crippen LogP contribution in [0.3, 0.4) is 0 Å². The van der Waals surface area contributed by atoms with Crippen LogP contribution < -0.4 is 4.72 Å². The fraction of sp³-hybridized carbons (Fsp3) is 0.455. The highest BCUT2D eigenvalue weighted by atomic mass is 32.2. The Morgan fingerprint density at radius 2 is 1.82 bits per heavy atom. The summed E-state index contributed by atoms with van der Waals surface area (Å²) in [7, 11) is -3.51. The van der Waals surface area contributed by atoms with E-state index in [2.05, 4.69) is 29.0 Å². The zero-order valence-electron chi connectivity index (χ0n) is 16.2. The smallest absolute Gasteiger partial charge is 0.240 e. The van der Waals surface area contributed by atoms with Crippen LogP contribution in [0.5, 0.6) is 0 Å². The molecule has 0 atom stereocenters. The first-order chi connectivity index (χ1) is 13.5. The summed E-state index contributed by atoms with van der Waals surface area (Å²) in [4.78, 5) is 2.69. The van der Waals surface area contributed by atoms with Crippen LogP contribution in [0.25, 0.3) is 0 Å². The van der Waals surface area contributed by atoms with Gasteiger partial charge in [-0.3, -0.25) is 0 Å². The molecule has 28 heavy (non-hydrogen) atoms. The summed E-state index contributed by atoms with van der Waals surface area (Å²) in [5.41, 5.74) is 3.39. The summed E-state index contributed by atoms with van der Waals surface area (Å²) in [6, 6.07) is 12.3. The molecule has 0 saturated carbocycles. The molecule has 0 spiro atoms. The Morgan fingerprint density at radius 1 is 1.07 bits per heavy atom. The lowest BCUT2D eigenvalue weighted by Gasteiger charge is -2.22. The highest BCUT2D eigenvalue weighted by molar-refractivity contribution is 7.99. The maximum absolute atomic E-state index is 13.0. The van der Waals surface area contributed by atoms with Gasteiger partial charge in [0.15, 0.2) is 0 Å². The third kappa shape index (κ3) is 4.46. The maximum atomic E-state index is 13.0. The molecular weight excluding hydrogens is 390 g/mol. The molecule has 0 amide bonds. The molecule has 2 aliphatic heterocycles. The molecule has 2 aromatic carbocycles. The molecule has 150 valence electrons. The Labute approximate surface area is 172 Å². The van der Waals surface area contributed by atoms with Crippen molar-refractivity contribution < 1.29 is 13.2 Å². The van der Waals surface area contributed by atoms with Gasteiger partial charge in [0.1, 0.15) is 0 Å². The number of hydrogen-bond donors (Lipinski definition) is 1. The number of sulfonamides is 1. The lowest BCUT2D eigenvalue weighted by molar-refractivity contribution is 0.0644. The van der Waals surface area contributed by atoms with Crippen molar-refractivity contribution in [3.05, 3.63) is 53.1 Å². The maximum Gasteiger partial charge on any atom is 0.240 e. The summed E-state index contributed by atoms with van der Waals surface area (Å²) < 4.78 is 34.1. The van der Waals surface area contributed by atoms with Crippen LogP contribution in [0, 0.1) is 12.8 Å². The number of fused-ring (bicyclic) bond motifs is 2. The molecule has 0 aromatic heterocycles. The first kappa shape index (κ1) is 20.0. The van der Waals surface area contributed by atoms with E-state index in [1.54, 1.807) is 11.8 Å². The van der Waals surface area contributed by atoms with Crippen molar-refractivity contribution in [1.82, 2.24) is 4.72 Å². The first-order valence-electron chi connectivity index (χ1n) is 9.99. The second kappa shape index (κ2) is 8.57. The van der Waals surface area contributed by atoms with Crippen LogP contribution in [0.1, 0.15) is 36.0 Å². The number of hydrogen-bond acceptors (Lipinski definition) is 4.